The maximum atomic E-state index is 12.7. The average Bonchev–Trinajstić information content (AvgIpc) is 3.06. The predicted molar refractivity (Wildman–Crippen MR) is 124 cm³/mol. The number of hydrogen-bond donors (Lipinski definition) is 2. The number of rotatable bonds is 6. The van der Waals surface area contributed by atoms with E-state index < -0.39 is 16.0 Å². The number of carbonyl (C=O) groups is 1. The highest BCUT2D eigenvalue weighted by Gasteiger charge is 2.14. The van der Waals surface area contributed by atoms with Crippen LogP contribution >= 0.6 is 0 Å². The van der Waals surface area contributed by atoms with Crippen molar-refractivity contribution in [2.24, 2.45) is 5.10 Å². The third kappa shape index (κ3) is 4.13. The summed E-state index contributed by atoms with van der Waals surface area (Å²) in [5, 5.41) is 14.8. The van der Waals surface area contributed by atoms with Gasteiger partial charge < -0.3 is 9.67 Å². The van der Waals surface area contributed by atoms with Gasteiger partial charge in [-0.25, -0.2) is 9.63 Å². The second-order valence-electron chi connectivity index (χ2n) is 7.38. The Kier molecular flexibility index (Phi) is 5.54. The number of carboxylic acid groups (broad SMARTS) is 1. The molecule has 0 unspecified atom stereocenters. The number of hydrogen-bond acceptors (Lipinski definition) is 4. The minimum atomic E-state index is -3.81. The molecule has 8 heteroatoms. The van der Waals surface area contributed by atoms with Crippen molar-refractivity contribution in [3.63, 3.8) is 0 Å². The lowest BCUT2D eigenvalue weighted by Gasteiger charge is -2.10. The Morgan fingerprint density at radius 3 is 2.34 bits per heavy atom. The molecule has 0 radical (unpaired) electrons. The lowest BCUT2D eigenvalue weighted by atomic mass is 10.1. The number of benzene rings is 3. The lowest BCUT2D eigenvalue weighted by molar-refractivity contribution is 0.0697. The van der Waals surface area contributed by atoms with E-state index >= 15 is 0 Å². The quantitative estimate of drug-likeness (QED) is 0.341. The maximum Gasteiger partial charge on any atom is 0.335 e. The second-order valence-corrected chi connectivity index (χ2v) is 9.04. The summed E-state index contributed by atoms with van der Waals surface area (Å²) in [6.45, 7) is 3.80. The minimum absolute atomic E-state index is 0.136. The summed E-state index contributed by atoms with van der Waals surface area (Å²) in [6, 6.07) is 20.9. The highest BCUT2D eigenvalue weighted by atomic mass is 32.2. The Bertz CT molecular complexity index is 1450. The molecular formula is C24H21N3O4S. The fourth-order valence-corrected chi connectivity index (χ4v) is 4.45. The van der Waals surface area contributed by atoms with Gasteiger partial charge in [0.15, 0.2) is 0 Å². The third-order valence-corrected chi connectivity index (χ3v) is 6.47. The van der Waals surface area contributed by atoms with Gasteiger partial charge in [0.25, 0.3) is 10.0 Å². The molecule has 162 valence electrons. The largest absolute Gasteiger partial charge is 0.478 e. The van der Waals surface area contributed by atoms with Crippen molar-refractivity contribution in [1.82, 2.24) is 9.40 Å². The molecule has 0 atom stereocenters. The molecule has 1 aromatic heterocycles. The molecule has 0 spiro atoms. The van der Waals surface area contributed by atoms with Crippen LogP contribution in [0.3, 0.4) is 0 Å². The number of nitrogens with one attached hydrogen (secondary N) is 1. The van der Waals surface area contributed by atoms with Crippen molar-refractivity contribution in [2.75, 3.05) is 0 Å². The fourth-order valence-electron chi connectivity index (χ4n) is 3.62. The molecule has 0 bridgehead atoms. The fraction of sp³-hybridized carbons (Fsp3) is 0.0833. The molecule has 0 fully saturated rings. The monoisotopic (exact) mass is 447 g/mol. The molecule has 32 heavy (non-hydrogen) atoms. The van der Waals surface area contributed by atoms with Crippen molar-refractivity contribution in [1.29, 1.82) is 0 Å². The van der Waals surface area contributed by atoms with E-state index in [1.807, 2.05) is 48.7 Å². The van der Waals surface area contributed by atoms with Crippen LogP contribution in [-0.2, 0) is 10.0 Å². The number of hydrazone groups is 1. The zero-order valence-corrected chi connectivity index (χ0v) is 18.3. The summed E-state index contributed by atoms with van der Waals surface area (Å²) in [4.78, 5) is 13.5. The van der Waals surface area contributed by atoms with Crippen LogP contribution in [0.1, 0.15) is 27.3 Å². The van der Waals surface area contributed by atoms with Gasteiger partial charge in [0.2, 0.25) is 0 Å². The summed E-state index contributed by atoms with van der Waals surface area (Å²) in [5.41, 5.74) is 3.51. The third-order valence-electron chi connectivity index (χ3n) is 5.25. The van der Waals surface area contributed by atoms with Gasteiger partial charge in [-0.15, -0.1) is 0 Å². The van der Waals surface area contributed by atoms with E-state index in [1.165, 1.54) is 6.21 Å². The minimum Gasteiger partial charge on any atom is -0.478 e. The first kappa shape index (κ1) is 21.3. The van der Waals surface area contributed by atoms with E-state index in [0.29, 0.717) is 0 Å². The van der Waals surface area contributed by atoms with Crippen molar-refractivity contribution in [2.45, 2.75) is 18.7 Å². The molecule has 0 saturated heterocycles. The molecule has 0 amide bonds. The molecule has 0 aliphatic heterocycles. The predicted octanol–water partition coefficient (Wildman–Crippen LogP) is 4.26. The Labute approximate surface area is 185 Å². The van der Waals surface area contributed by atoms with Crippen LogP contribution in [0.5, 0.6) is 0 Å². The second kappa shape index (κ2) is 8.32. The van der Waals surface area contributed by atoms with E-state index in [0.717, 1.165) is 33.4 Å². The van der Waals surface area contributed by atoms with Crippen LogP contribution in [0.2, 0.25) is 0 Å². The van der Waals surface area contributed by atoms with Gasteiger partial charge in [-0.05, 0) is 67.1 Å². The molecule has 4 aromatic rings. The maximum absolute atomic E-state index is 12.7. The highest BCUT2D eigenvalue weighted by Crippen LogP contribution is 2.21. The number of aromatic carboxylic acids is 1. The van der Waals surface area contributed by atoms with Crippen molar-refractivity contribution in [3.8, 4) is 5.69 Å². The summed E-state index contributed by atoms with van der Waals surface area (Å²) in [5.74, 6) is -0.982. The van der Waals surface area contributed by atoms with Gasteiger partial charge in [0.1, 0.15) is 0 Å². The van der Waals surface area contributed by atoms with Crippen LogP contribution in [0.4, 0.5) is 0 Å². The van der Waals surface area contributed by atoms with Crippen molar-refractivity contribution >= 4 is 33.0 Å². The Balaban J connectivity index is 1.57. The normalized spacial score (nSPS) is 11.8. The van der Waals surface area contributed by atoms with Crippen LogP contribution < -0.4 is 4.83 Å². The van der Waals surface area contributed by atoms with Gasteiger partial charge >= 0.3 is 5.97 Å². The Hall–Kier alpha value is -3.91. The number of aryl methyl sites for hydroxylation is 1. The lowest BCUT2D eigenvalue weighted by Crippen LogP contribution is -2.18. The summed E-state index contributed by atoms with van der Waals surface area (Å²) in [7, 11) is -3.81. The molecule has 2 N–H and O–H groups in total. The number of carboxylic acids is 1. The SMILES string of the molecule is Cc1cc(/C=N\NS(=O)(=O)c2ccc3ccccc3c2)c(C)n1-c1ccc(C(=O)O)cc1. The Morgan fingerprint density at radius 2 is 1.66 bits per heavy atom. The first-order valence-electron chi connectivity index (χ1n) is 9.82. The van der Waals surface area contributed by atoms with Crippen LogP contribution in [-0.4, -0.2) is 30.3 Å². The molecule has 1 heterocycles. The average molecular weight is 448 g/mol. The van der Waals surface area contributed by atoms with Gasteiger partial charge in [-0.2, -0.15) is 13.5 Å². The van der Waals surface area contributed by atoms with Crippen LogP contribution in [0.15, 0.2) is 82.8 Å². The van der Waals surface area contributed by atoms with E-state index in [2.05, 4.69) is 9.93 Å². The van der Waals surface area contributed by atoms with Gasteiger partial charge in [-0.1, -0.05) is 30.3 Å². The van der Waals surface area contributed by atoms with Crippen LogP contribution in [0.25, 0.3) is 16.5 Å². The molecule has 3 aromatic carbocycles. The van der Waals surface area contributed by atoms with Gasteiger partial charge in [0, 0.05) is 22.6 Å². The Morgan fingerprint density at radius 1 is 0.969 bits per heavy atom. The van der Waals surface area contributed by atoms with Gasteiger partial charge in [-0.3, -0.25) is 0 Å². The standard InChI is InChI=1S/C24H21N3O4S/c1-16-13-21(17(2)27(16)22-10-7-19(8-11-22)24(28)29)15-25-26-32(30,31)23-12-9-18-5-3-4-6-20(18)14-23/h3-15,26H,1-2H3,(H,28,29)/b25-15-. The van der Waals surface area contributed by atoms with E-state index in [4.69, 9.17) is 5.11 Å². The highest BCUT2D eigenvalue weighted by molar-refractivity contribution is 7.89. The topological polar surface area (TPSA) is 101 Å². The first-order valence-corrected chi connectivity index (χ1v) is 11.3. The molecule has 0 saturated carbocycles. The molecule has 0 aliphatic carbocycles. The van der Waals surface area contributed by atoms with Gasteiger partial charge in [0.05, 0.1) is 16.7 Å². The number of fused-ring (bicyclic) bond motifs is 1. The number of nitrogens with zero attached hydrogens (tertiary/aromatic N) is 2. The molecular weight excluding hydrogens is 426 g/mol. The van der Waals surface area contributed by atoms with Crippen molar-refractivity contribution in [3.05, 3.63) is 95.3 Å². The summed E-state index contributed by atoms with van der Waals surface area (Å²) < 4.78 is 27.3. The summed E-state index contributed by atoms with van der Waals surface area (Å²) in [6.07, 6.45) is 1.46. The number of sulfonamides is 1. The van der Waals surface area contributed by atoms with Crippen LogP contribution in [0, 0.1) is 13.8 Å². The molecule has 0 aliphatic rings. The van der Waals surface area contributed by atoms with Crippen molar-refractivity contribution < 1.29 is 18.3 Å². The zero-order chi connectivity index (χ0) is 22.9. The van der Waals surface area contributed by atoms with E-state index in [9.17, 15) is 13.2 Å². The smallest absolute Gasteiger partial charge is 0.335 e. The first-order chi connectivity index (χ1) is 15.3. The zero-order valence-electron chi connectivity index (χ0n) is 17.5. The summed E-state index contributed by atoms with van der Waals surface area (Å²) >= 11 is 0. The number of aromatic nitrogens is 1. The molecule has 7 nitrogen and oxygen atoms in total. The van der Waals surface area contributed by atoms with E-state index in [1.54, 1.807) is 42.5 Å². The van der Waals surface area contributed by atoms with E-state index in [-0.39, 0.29) is 10.5 Å². The molecule has 4 rings (SSSR count).